The first-order valence-electron chi connectivity index (χ1n) is 4.85. The van der Waals surface area contributed by atoms with Crippen molar-refractivity contribution in [3.8, 4) is 0 Å². The molecule has 0 saturated carbocycles. The lowest BCUT2D eigenvalue weighted by Gasteiger charge is -2.16. The summed E-state index contributed by atoms with van der Waals surface area (Å²) in [4.78, 5) is 1.29. The molecule has 1 aliphatic rings. The van der Waals surface area contributed by atoms with Gasteiger partial charge in [0.05, 0.1) is 10.9 Å². The molecule has 0 aromatic carbocycles. The van der Waals surface area contributed by atoms with Gasteiger partial charge in [-0.2, -0.15) is 0 Å². The first kappa shape index (κ1) is 10.4. The van der Waals surface area contributed by atoms with Crippen LogP contribution in [0.3, 0.4) is 0 Å². The van der Waals surface area contributed by atoms with Gasteiger partial charge in [-0.1, -0.05) is 11.6 Å². The van der Waals surface area contributed by atoms with Gasteiger partial charge in [0.2, 0.25) is 0 Å². The number of halogens is 1. The molecule has 78 valence electrons. The Bertz CT molecular complexity index is 296. The Kier molecular flexibility index (Phi) is 3.44. The number of rotatable bonds is 3. The molecule has 1 fully saturated rings. The van der Waals surface area contributed by atoms with Crippen LogP contribution >= 0.6 is 22.9 Å². The maximum absolute atomic E-state index is 5.89. The highest BCUT2D eigenvalue weighted by Crippen LogP contribution is 2.27. The van der Waals surface area contributed by atoms with Gasteiger partial charge in [-0.05, 0) is 25.5 Å². The second kappa shape index (κ2) is 4.62. The minimum atomic E-state index is 0.374. The standard InChI is InChI=1S/C10H14ClNOS/c1-7(9-2-3-10(11)14-9)12-8-4-5-13-6-8/h2-3,7-8,12H,4-6H2,1H3/t7-,8?/m1/s1. The summed E-state index contributed by atoms with van der Waals surface area (Å²) in [6.45, 7) is 3.89. The first-order chi connectivity index (χ1) is 6.75. The summed E-state index contributed by atoms with van der Waals surface area (Å²) in [6.07, 6.45) is 1.11. The second-order valence-corrected chi connectivity index (χ2v) is 5.34. The Labute approximate surface area is 93.2 Å². The predicted molar refractivity (Wildman–Crippen MR) is 60.1 cm³/mol. The van der Waals surface area contributed by atoms with E-state index < -0.39 is 0 Å². The molecule has 4 heteroatoms. The van der Waals surface area contributed by atoms with Gasteiger partial charge in [0, 0.05) is 23.6 Å². The van der Waals surface area contributed by atoms with Gasteiger partial charge in [-0.15, -0.1) is 11.3 Å². The van der Waals surface area contributed by atoms with E-state index >= 15 is 0 Å². The fourth-order valence-electron chi connectivity index (χ4n) is 1.66. The molecule has 1 saturated heterocycles. The van der Waals surface area contributed by atoms with Crippen molar-refractivity contribution in [2.45, 2.75) is 25.4 Å². The molecule has 1 N–H and O–H groups in total. The number of nitrogens with one attached hydrogen (secondary N) is 1. The van der Waals surface area contributed by atoms with E-state index in [0.717, 1.165) is 24.0 Å². The summed E-state index contributed by atoms with van der Waals surface area (Å²) in [7, 11) is 0. The molecule has 2 nitrogen and oxygen atoms in total. The van der Waals surface area contributed by atoms with Crippen molar-refractivity contribution in [2.75, 3.05) is 13.2 Å². The molecule has 1 unspecified atom stereocenters. The van der Waals surface area contributed by atoms with Crippen molar-refractivity contribution in [2.24, 2.45) is 0 Å². The summed E-state index contributed by atoms with van der Waals surface area (Å²) in [5.74, 6) is 0. The smallest absolute Gasteiger partial charge is 0.0931 e. The molecule has 2 atom stereocenters. The van der Waals surface area contributed by atoms with Gasteiger partial charge >= 0.3 is 0 Å². The van der Waals surface area contributed by atoms with Crippen LogP contribution in [0.25, 0.3) is 0 Å². The van der Waals surface area contributed by atoms with Crippen molar-refractivity contribution in [1.29, 1.82) is 0 Å². The van der Waals surface area contributed by atoms with Gasteiger partial charge in [-0.25, -0.2) is 0 Å². The van der Waals surface area contributed by atoms with Gasteiger partial charge in [0.25, 0.3) is 0 Å². The molecule has 0 bridgehead atoms. The summed E-state index contributed by atoms with van der Waals surface area (Å²) in [6, 6.07) is 4.91. The third-order valence-electron chi connectivity index (χ3n) is 2.44. The van der Waals surface area contributed by atoms with Crippen molar-refractivity contribution in [1.82, 2.24) is 5.32 Å². The lowest BCUT2D eigenvalue weighted by Crippen LogP contribution is -2.31. The average molecular weight is 232 g/mol. The summed E-state index contributed by atoms with van der Waals surface area (Å²) >= 11 is 7.53. The highest BCUT2D eigenvalue weighted by molar-refractivity contribution is 7.16. The van der Waals surface area contributed by atoms with Crippen LogP contribution < -0.4 is 5.32 Å². The van der Waals surface area contributed by atoms with E-state index in [1.807, 2.05) is 6.07 Å². The lowest BCUT2D eigenvalue weighted by molar-refractivity contribution is 0.188. The zero-order valence-corrected chi connectivity index (χ0v) is 9.70. The highest BCUT2D eigenvalue weighted by atomic mass is 35.5. The van der Waals surface area contributed by atoms with E-state index in [-0.39, 0.29) is 0 Å². The minimum absolute atomic E-state index is 0.374. The molecule has 1 aliphatic heterocycles. The molecule has 2 heterocycles. The molecular weight excluding hydrogens is 218 g/mol. The van der Waals surface area contributed by atoms with Crippen molar-refractivity contribution in [3.05, 3.63) is 21.3 Å². The zero-order valence-electron chi connectivity index (χ0n) is 8.13. The average Bonchev–Trinajstić information content (AvgIpc) is 2.75. The van der Waals surface area contributed by atoms with Crippen molar-refractivity contribution in [3.63, 3.8) is 0 Å². The van der Waals surface area contributed by atoms with Crippen LogP contribution in [0.4, 0.5) is 0 Å². The van der Waals surface area contributed by atoms with E-state index in [1.165, 1.54) is 4.88 Å². The molecule has 1 aromatic rings. The molecule has 2 rings (SSSR count). The molecule has 0 spiro atoms. The van der Waals surface area contributed by atoms with E-state index in [9.17, 15) is 0 Å². The van der Waals surface area contributed by atoms with Crippen molar-refractivity contribution >= 4 is 22.9 Å². The zero-order chi connectivity index (χ0) is 9.97. The quantitative estimate of drug-likeness (QED) is 0.864. The third kappa shape index (κ3) is 2.48. The Hall–Kier alpha value is -0.0900. The predicted octanol–water partition coefficient (Wildman–Crippen LogP) is 2.84. The van der Waals surface area contributed by atoms with E-state index in [4.69, 9.17) is 16.3 Å². The largest absolute Gasteiger partial charge is 0.380 e. The van der Waals surface area contributed by atoms with Crippen LogP contribution in [0.1, 0.15) is 24.3 Å². The number of hydrogen-bond donors (Lipinski definition) is 1. The van der Waals surface area contributed by atoms with Gasteiger partial charge < -0.3 is 10.1 Å². The number of thiophene rings is 1. The molecule has 0 amide bonds. The van der Waals surface area contributed by atoms with Gasteiger partial charge in [0.1, 0.15) is 0 Å². The third-order valence-corrected chi connectivity index (χ3v) is 3.85. The number of hydrogen-bond acceptors (Lipinski definition) is 3. The second-order valence-electron chi connectivity index (χ2n) is 3.59. The fourth-order valence-corrected chi connectivity index (χ4v) is 2.74. The van der Waals surface area contributed by atoms with Crippen LogP contribution in [-0.4, -0.2) is 19.3 Å². The summed E-state index contributed by atoms with van der Waals surface area (Å²) in [5, 5.41) is 3.54. The summed E-state index contributed by atoms with van der Waals surface area (Å²) < 4.78 is 6.17. The maximum atomic E-state index is 5.89. The lowest BCUT2D eigenvalue weighted by atomic mass is 10.2. The van der Waals surface area contributed by atoms with Crippen molar-refractivity contribution < 1.29 is 4.74 Å². The Morgan fingerprint density at radius 1 is 1.64 bits per heavy atom. The van der Waals surface area contributed by atoms with Gasteiger partial charge in [-0.3, -0.25) is 0 Å². The molecule has 0 aliphatic carbocycles. The molecule has 1 aromatic heterocycles. The number of ether oxygens (including phenoxy) is 1. The molecule has 14 heavy (non-hydrogen) atoms. The van der Waals surface area contributed by atoms with Crippen LogP contribution in [0, 0.1) is 0 Å². The normalized spacial score (nSPS) is 24.0. The van der Waals surface area contributed by atoms with E-state index in [0.29, 0.717) is 12.1 Å². The Balaban J connectivity index is 1.91. The van der Waals surface area contributed by atoms with E-state index in [2.05, 4.69) is 18.3 Å². The van der Waals surface area contributed by atoms with Crippen LogP contribution in [-0.2, 0) is 4.74 Å². The van der Waals surface area contributed by atoms with Crippen LogP contribution in [0.5, 0.6) is 0 Å². The Morgan fingerprint density at radius 2 is 2.50 bits per heavy atom. The monoisotopic (exact) mass is 231 g/mol. The maximum Gasteiger partial charge on any atom is 0.0931 e. The van der Waals surface area contributed by atoms with E-state index in [1.54, 1.807) is 11.3 Å². The molecular formula is C10H14ClNOS. The fraction of sp³-hybridized carbons (Fsp3) is 0.600. The SMILES string of the molecule is C[C@@H](NC1CCOC1)c1ccc(Cl)s1. The summed E-state index contributed by atoms with van der Waals surface area (Å²) in [5.41, 5.74) is 0. The first-order valence-corrected chi connectivity index (χ1v) is 6.04. The Morgan fingerprint density at radius 3 is 3.07 bits per heavy atom. The van der Waals surface area contributed by atoms with Gasteiger partial charge in [0.15, 0.2) is 0 Å². The minimum Gasteiger partial charge on any atom is -0.380 e. The topological polar surface area (TPSA) is 21.3 Å². The van der Waals surface area contributed by atoms with Crippen LogP contribution in [0.15, 0.2) is 12.1 Å². The highest BCUT2D eigenvalue weighted by Gasteiger charge is 2.18. The van der Waals surface area contributed by atoms with Crippen LogP contribution in [0.2, 0.25) is 4.34 Å². The molecule has 0 radical (unpaired) electrons.